The molecule has 1 N–H and O–H groups in total. The van der Waals surface area contributed by atoms with Crippen LogP contribution in [0.4, 0.5) is 5.69 Å². The van der Waals surface area contributed by atoms with E-state index < -0.39 is 18.5 Å². The van der Waals surface area contributed by atoms with Gasteiger partial charge in [0.25, 0.3) is 5.91 Å². The van der Waals surface area contributed by atoms with Crippen molar-refractivity contribution in [3.8, 4) is 0 Å². The van der Waals surface area contributed by atoms with Crippen LogP contribution in [-0.2, 0) is 14.3 Å². The number of nitrogens with one attached hydrogen (secondary N) is 1. The van der Waals surface area contributed by atoms with Crippen molar-refractivity contribution in [3.63, 3.8) is 0 Å². The summed E-state index contributed by atoms with van der Waals surface area (Å²) in [4.78, 5) is 37.2. The number of imide groups is 1. The third-order valence-electron chi connectivity index (χ3n) is 4.64. The van der Waals surface area contributed by atoms with Gasteiger partial charge in [0.15, 0.2) is 6.61 Å². The van der Waals surface area contributed by atoms with Gasteiger partial charge < -0.3 is 10.1 Å². The zero-order chi connectivity index (χ0) is 17.3. The lowest BCUT2D eigenvalue weighted by Crippen LogP contribution is -2.35. The smallest absolute Gasteiger partial charge is 0.340 e. The molecule has 2 heterocycles. The molecular formula is C18H22N2O4. The van der Waals surface area contributed by atoms with E-state index in [0.717, 1.165) is 29.8 Å². The van der Waals surface area contributed by atoms with Gasteiger partial charge in [0.2, 0.25) is 5.91 Å². The fraction of sp³-hybridized carbons (Fsp3) is 0.500. The van der Waals surface area contributed by atoms with Crippen molar-refractivity contribution in [2.24, 2.45) is 0 Å². The quantitative estimate of drug-likeness (QED) is 0.860. The Morgan fingerprint density at radius 1 is 1.38 bits per heavy atom. The maximum Gasteiger partial charge on any atom is 0.340 e. The molecule has 1 atom stereocenters. The average molecular weight is 330 g/mol. The third kappa shape index (κ3) is 3.13. The van der Waals surface area contributed by atoms with Crippen LogP contribution in [0.1, 0.15) is 53.6 Å². The van der Waals surface area contributed by atoms with E-state index >= 15 is 0 Å². The van der Waals surface area contributed by atoms with Crippen LogP contribution in [0, 0.1) is 6.92 Å². The summed E-state index contributed by atoms with van der Waals surface area (Å²) < 4.78 is 5.18. The first-order valence-electron chi connectivity index (χ1n) is 8.36. The van der Waals surface area contributed by atoms with Crippen molar-refractivity contribution >= 4 is 23.5 Å². The normalized spacial score (nSPS) is 19.7. The molecule has 128 valence electrons. The van der Waals surface area contributed by atoms with Gasteiger partial charge in [0.1, 0.15) is 0 Å². The zero-order valence-electron chi connectivity index (χ0n) is 14.1. The van der Waals surface area contributed by atoms with Crippen LogP contribution in [0.5, 0.6) is 0 Å². The Kier molecular flexibility index (Phi) is 4.55. The number of nitrogens with zero attached hydrogens (tertiary/aromatic N) is 1. The maximum absolute atomic E-state index is 12.5. The number of fused-ring (bicyclic) bond motifs is 1. The summed E-state index contributed by atoms with van der Waals surface area (Å²) in [5, 5.41) is 3.27. The van der Waals surface area contributed by atoms with Crippen molar-refractivity contribution < 1.29 is 19.1 Å². The minimum Gasteiger partial charge on any atom is -0.452 e. The monoisotopic (exact) mass is 330 g/mol. The maximum atomic E-state index is 12.5. The Hall–Kier alpha value is -2.37. The molecule has 0 radical (unpaired) electrons. The largest absolute Gasteiger partial charge is 0.452 e. The molecule has 1 saturated heterocycles. The number of hydrogen-bond acceptors (Lipinski definition) is 5. The van der Waals surface area contributed by atoms with Crippen LogP contribution < -0.4 is 5.32 Å². The Morgan fingerprint density at radius 3 is 2.88 bits per heavy atom. The van der Waals surface area contributed by atoms with E-state index in [0.29, 0.717) is 30.9 Å². The first-order valence-corrected chi connectivity index (χ1v) is 8.36. The Bertz CT molecular complexity index is 699. The van der Waals surface area contributed by atoms with E-state index in [1.54, 1.807) is 6.07 Å². The van der Waals surface area contributed by atoms with E-state index in [1.807, 2.05) is 6.92 Å². The summed E-state index contributed by atoms with van der Waals surface area (Å²) in [6.45, 7) is 4.89. The number of amides is 2. The van der Waals surface area contributed by atoms with E-state index in [2.05, 4.69) is 18.3 Å². The van der Waals surface area contributed by atoms with Gasteiger partial charge in [0, 0.05) is 19.5 Å². The number of anilines is 1. The number of esters is 1. The van der Waals surface area contributed by atoms with Crippen molar-refractivity contribution in [2.75, 3.05) is 25.0 Å². The number of rotatable bonds is 3. The SMILES string of the molecule is Cc1cc(C(=O)OCC(=O)N2CCCC2=O)c2c(c1)[C@@H](C)CCN2. The van der Waals surface area contributed by atoms with Crippen molar-refractivity contribution in [1.29, 1.82) is 0 Å². The number of benzene rings is 1. The number of aryl methyl sites for hydroxylation is 1. The lowest BCUT2D eigenvalue weighted by molar-refractivity contribution is -0.143. The predicted octanol–water partition coefficient (Wildman–Crippen LogP) is 2.22. The molecule has 0 saturated carbocycles. The van der Waals surface area contributed by atoms with Gasteiger partial charge in [-0.25, -0.2) is 4.79 Å². The van der Waals surface area contributed by atoms with Crippen LogP contribution in [0.15, 0.2) is 12.1 Å². The summed E-state index contributed by atoms with van der Waals surface area (Å²) >= 11 is 0. The van der Waals surface area contributed by atoms with E-state index in [1.165, 1.54) is 4.90 Å². The van der Waals surface area contributed by atoms with Crippen LogP contribution in [0.3, 0.4) is 0 Å². The van der Waals surface area contributed by atoms with Crippen LogP contribution >= 0.6 is 0 Å². The molecule has 2 aliphatic rings. The van der Waals surface area contributed by atoms with E-state index in [-0.39, 0.29) is 5.91 Å². The highest BCUT2D eigenvalue weighted by molar-refractivity contribution is 6.00. The molecule has 2 aliphatic heterocycles. The predicted molar refractivity (Wildman–Crippen MR) is 88.9 cm³/mol. The van der Waals surface area contributed by atoms with Gasteiger partial charge in [-0.3, -0.25) is 14.5 Å². The van der Waals surface area contributed by atoms with Gasteiger partial charge in [0.05, 0.1) is 11.3 Å². The number of carbonyl (C=O) groups excluding carboxylic acids is 3. The molecule has 0 spiro atoms. The number of ether oxygens (including phenoxy) is 1. The Morgan fingerprint density at radius 2 is 2.17 bits per heavy atom. The Labute approximate surface area is 141 Å². The highest BCUT2D eigenvalue weighted by atomic mass is 16.5. The molecule has 3 rings (SSSR count). The summed E-state index contributed by atoms with van der Waals surface area (Å²) in [6, 6.07) is 3.86. The average Bonchev–Trinajstić information content (AvgIpc) is 2.98. The first kappa shape index (κ1) is 16.5. The molecular weight excluding hydrogens is 308 g/mol. The van der Waals surface area contributed by atoms with Gasteiger partial charge in [-0.2, -0.15) is 0 Å². The highest BCUT2D eigenvalue weighted by Gasteiger charge is 2.28. The van der Waals surface area contributed by atoms with E-state index in [4.69, 9.17) is 4.74 Å². The van der Waals surface area contributed by atoms with Crippen molar-refractivity contribution in [3.05, 3.63) is 28.8 Å². The second-order valence-corrected chi connectivity index (χ2v) is 6.51. The lowest BCUT2D eigenvalue weighted by Gasteiger charge is -2.26. The summed E-state index contributed by atoms with van der Waals surface area (Å²) in [7, 11) is 0. The molecule has 2 amide bonds. The Balaban J connectivity index is 1.73. The fourth-order valence-electron chi connectivity index (χ4n) is 3.33. The minimum atomic E-state index is -0.531. The van der Waals surface area contributed by atoms with Gasteiger partial charge >= 0.3 is 5.97 Å². The van der Waals surface area contributed by atoms with Gasteiger partial charge in [-0.15, -0.1) is 0 Å². The molecule has 24 heavy (non-hydrogen) atoms. The summed E-state index contributed by atoms with van der Waals surface area (Å²) in [5.74, 6) is -0.804. The fourth-order valence-corrected chi connectivity index (χ4v) is 3.33. The lowest BCUT2D eigenvalue weighted by atomic mass is 9.89. The number of carbonyl (C=O) groups is 3. The molecule has 1 aromatic rings. The topological polar surface area (TPSA) is 75.7 Å². The second-order valence-electron chi connectivity index (χ2n) is 6.51. The zero-order valence-corrected chi connectivity index (χ0v) is 14.1. The summed E-state index contributed by atoms with van der Waals surface area (Å²) in [6.07, 6.45) is 2.07. The molecule has 0 aliphatic carbocycles. The standard InChI is InChI=1S/C18H22N2O4/c1-11-8-13-12(2)5-6-19-17(13)14(9-11)18(23)24-10-16(22)20-7-3-4-15(20)21/h8-9,12,19H,3-7,10H2,1-2H3/t12-/m0/s1. The molecule has 6 nitrogen and oxygen atoms in total. The van der Waals surface area contributed by atoms with Crippen LogP contribution in [-0.4, -0.2) is 42.4 Å². The van der Waals surface area contributed by atoms with E-state index in [9.17, 15) is 14.4 Å². The molecule has 0 unspecified atom stereocenters. The van der Waals surface area contributed by atoms with Gasteiger partial charge in [-0.05, 0) is 42.9 Å². The second kappa shape index (κ2) is 6.63. The number of likely N-dealkylation sites (tertiary alicyclic amines) is 1. The van der Waals surface area contributed by atoms with Crippen LogP contribution in [0.2, 0.25) is 0 Å². The molecule has 6 heteroatoms. The minimum absolute atomic E-state index is 0.195. The van der Waals surface area contributed by atoms with Crippen molar-refractivity contribution in [1.82, 2.24) is 4.90 Å². The van der Waals surface area contributed by atoms with Crippen molar-refractivity contribution in [2.45, 2.75) is 39.0 Å². The molecule has 1 fully saturated rings. The molecule has 0 aromatic heterocycles. The molecule has 1 aromatic carbocycles. The van der Waals surface area contributed by atoms with Crippen LogP contribution in [0.25, 0.3) is 0 Å². The first-order chi connectivity index (χ1) is 11.5. The van der Waals surface area contributed by atoms with Gasteiger partial charge in [-0.1, -0.05) is 13.0 Å². The number of hydrogen-bond donors (Lipinski definition) is 1. The molecule has 0 bridgehead atoms. The summed E-state index contributed by atoms with van der Waals surface area (Å²) in [5.41, 5.74) is 3.35. The third-order valence-corrected chi connectivity index (χ3v) is 4.64. The highest BCUT2D eigenvalue weighted by Crippen LogP contribution is 2.35.